The highest BCUT2D eigenvalue weighted by Gasteiger charge is 2.30. The zero-order chi connectivity index (χ0) is 21.4. The van der Waals surface area contributed by atoms with E-state index in [4.69, 9.17) is 11.6 Å². The van der Waals surface area contributed by atoms with Crippen molar-refractivity contribution in [2.45, 2.75) is 13.3 Å². The van der Waals surface area contributed by atoms with Gasteiger partial charge in [-0.2, -0.15) is 8.42 Å². The van der Waals surface area contributed by atoms with Crippen molar-refractivity contribution in [2.75, 3.05) is 14.8 Å². The van der Waals surface area contributed by atoms with Crippen LogP contribution in [0.5, 0.6) is 5.75 Å². The number of phenols is 1. The van der Waals surface area contributed by atoms with Gasteiger partial charge >= 0.3 is 10.2 Å². The Labute approximate surface area is 173 Å². The monoisotopic (exact) mass is 459 g/mol. The van der Waals surface area contributed by atoms with Crippen LogP contribution in [-0.2, 0) is 26.7 Å². The highest BCUT2D eigenvalue weighted by molar-refractivity contribution is 7.92. The maximum atomic E-state index is 12.0. The van der Waals surface area contributed by atoms with Crippen LogP contribution in [0.1, 0.15) is 18.1 Å². The number of anilines is 2. The molecular weight excluding hydrogens is 442 g/mol. The Hall–Kier alpha value is -2.63. The van der Waals surface area contributed by atoms with E-state index in [0.717, 1.165) is 6.20 Å². The van der Waals surface area contributed by atoms with E-state index in [1.54, 1.807) is 24.3 Å². The van der Waals surface area contributed by atoms with Gasteiger partial charge in [0.05, 0.1) is 17.6 Å². The Morgan fingerprint density at radius 3 is 2.48 bits per heavy atom. The number of nitrogens with one attached hydrogen (secondary N) is 2. The number of hydrogen-bond donors (Lipinski definition) is 4. The first kappa shape index (κ1) is 21.1. The van der Waals surface area contributed by atoms with E-state index in [-0.39, 0.29) is 23.6 Å². The number of nitrogens with zero attached hydrogens (tertiary/aromatic N) is 1. The highest BCUT2D eigenvalue weighted by Crippen LogP contribution is 2.34. The number of aliphatic hydroxyl groups excluding tert-OH is 1. The van der Waals surface area contributed by atoms with Gasteiger partial charge < -0.3 is 10.2 Å². The second-order valence-corrected chi connectivity index (χ2v) is 10.2. The van der Waals surface area contributed by atoms with Crippen molar-refractivity contribution in [3.05, 3.63) is 64.6 Å². The lowest BCUT2D eigenvalue weighted by molar-refractivity contribution is 0.392. The molecule has 1 aliphatic rings. The van der Waals surface area contributed by atoms with Gasteiger partial charge in [-0.25, -0.2) is 17.4 Å². The zero-order valence-electron chi connectivity index (χ0n) is 15.1. The third-order valence-electron chi connectivity index (χ3n) is 4.12. The summed E-state index contributed by atoms with van der Waals surface area (Å²) >= 11 is 6.04. The number of sulfonamides is 1. The first-order valence-electron chi connectivity index (χ1n) is 8.34. The molecule has 0 unspecified atom stereocenters. The van der Waals surface area contributed by atoms with E-state index in [9.17, 15) is 27.0 Å². The predicted octanol–water partition coefficient (Wildman–Crippen LogP) is 2.41. The molecule has 1 aliphatic heterocycles. The first-order valence-corrected chi connectivity index (χ1v) is 11.8. The van der Waals surface area contributed by atoms with E-state index in [2.05, 4.69) is 4.72 Å². The summed E-state index contributed by atoms with van der Waals surface area (Å²) in [6, 6.07) is 9.02. The van der Waals surface area contributed by atoms with Crippen LogP contribution in [0.15, 0.2) is 48.5 Å². The molecule has 1 heterocycles. The molecular formula is C17H18ClN3O6S2. The largest absolute Gasteiger partial charge is 0.506 e. The molecule has 0 aromatic heterocycles. The Bertz CT molecular complexity index is 1200. The van der Waals surface area contributed by atoms with E-state index in [1.165, 1.54) is 19.1 Å². The fraction of sp³-hybridized carbons (Fsp3) is 0.176. The van der Waals surface area contributed by atoms with Crippen molar-refractivity contribution in [3.63, 3.8) is 0 Å². The lowest BCUT2D eigenvalue weighted by Crippen LogP contribution is -2.29. The Morgan fingerprint density at radius 2 is 1.90 bits per heavy atom. The lowest BCUT2D eigenvalue weighted by Gasteiger charge is -2.17. The predicted molar refractivity (Wildman–Crippen MR) is 111 cm³/mol. The summed E-state index contributed by atoms with van der Waals surface area (Å²) in [7, 11) is -7.53. The van der Waals surface area contributed by atoms with Crippen molar-refractivity contribution in [3.8, 4) is 5.75 Å². The van der Waals surface area contributed by atoms with Crippen LogP contribution >= 0.6 is 11.6 Å². The van der Waals surface area contributed by atoms with Crippen LogP contribution in [0.2, 0.25) is 5.02 Å². The topological polar surface area (TPSA) is 136 Å². The minimum absolute atomic E-state index is 0.0525. The minimum atomic E-state index is -4.03. The van der Waals surface area contributed by atoms with Crippen LogP contribution in [0.4, 0.5) is 11.4 Å². The summed E-state index contributed by atoms with van der Waals surface area (Å²) in [6.45, 7) is 1.52. The van der Waals surface area contributed by atoms with Crippen molar-refractivity contribution in [1.82, 2.24) is 4.72 Å². The number of aromatic hydroxyl groups is 1. The van der Waals surface area contributed by atoms with Crippen molar-refractivity contribution in [2.24, 2.45) is 0 Å². The molecule has 0 bridgehead atoms. The average Bonchev–Trinajstić information content (AvgIpc) is 2.89. The number of benzene rings is 2. The zero-order valence-corrected chi connectivity index (χ0v) is 17.5. The van der Waals surface area contributed by atoms with E-state index >= 15 is 0 Å². The van der Waals surface area contributed by atoms with Crippen LogP contribution in [0.25, 0.3) is 0 Å². The summed E-state index contributed by atoms with van der Waals surface area (Å²) in [5.74, 6) is -1.000. The van der Waals surface area contributed by atoms with Gasteiger partial charge in [0.15, 0.2) is 0 Å². The third kappa shape index (κ3) is 4.69. The van der Waals surface area contributed by atoms with Crippen LogP contribution < -0.4 is 13.7 Å². The van der Waals surface area contributed by atoms with Crippen LogP contribution in [0, 0.1) is 0 Å². The van der Waals surface area contributed by atoms with Crippen LogP contribution in [0.3, 0.4) is 0 Å². The molecule has 3 rings (SSSR count). The molecule has 0 spiro atoms. The molecule has 156 valence electrons. The lowest BCUT2D eigenvalue weighted by atomic mass is 10.0. The number of phenolic OH excluding ortho intramolecular Hbond substituents is 1. The van der Waals surface area contributed by atoms with Gasteiger partial charge in [0.2, 0.25) is 15.9 Å². The van der Waals surface area contributed by atoms with E-state index < -0.39 is 26.1 Å². The third-order valence-corrected chi connectivity index (χ3v) is 6.93. The van der Waals surface area contributed by atoms with E-state index in [0.29, 0.717) is 26.1 Å². The van der Waals surface area contributed by atoms with E-state index in [1.807, 2.05) is 4.72 Å². The summed E-state index contributed by atoms with van der Waals surface area (Å²) in [5.41, 5.74) is 1.47. The number of rotatable bonds is 6. The highest BCUT2D eigenvalue weighted by atomic mass is 35.5. The minimum Gasteiger partial charge on any atom is -0.506 e. The van der Waals surface area contributed by atoms with Crippen molar-refractivity contribution in [1.29, 1.82) is 0 Å². The molecule has 0 saturated carbocycles. The van der Waals surface area contributed by atoms with Gasteiger partial charge in [0.1, 0.15) is 11.4 Å². The maximum absolute atomic E-state index is 12.0. The Morgan fingerprint density at radius 1 is 1.17 bits per heavy atom. The molecule has 29 heavy (non-hydrogen) atoms. The fourth-order valence-corrected chi connectivity index (χ4v) is 4.66. The second-order valence-electron chi connectivity index (χ2n) is 6.22. The molecule has 0 aliphatic carbocycles. The molecule has 0 saturated heterocycles. The quantitative estimate of drug-likeness (QED) is 0.523. The van der Waals surface area contributed by atoms with Crippen molar-refractivity contribution >= 4 is 43.2 Å². The number of aliphatic hydroxyl groups is 1. The molecule has 12 heteroatoms. The molecule has 0 atom stereocenters. The molecule has 0 amide bonds. The van der Waals surface area contributed by atoms with Gasteiger partial charge in [0.25, 0.3) is 0 Å². The van der Waals surface area contributed by atoms with Crippen LogP contribution in [-0.4, -0.2) is 32.8 Å². The van der Waals surface area contributed by atoms with Crippen molar-refractivity contribution < 1.29 is 27.0 Å². The van der Waals surface area contributed by atoms with Gasteiger partial charge in [-0.1, -0.05) is 17.7 Å². The SMILES string of the molecule is CCS(=O)(=O)Nc1ccc(Cl)cc1Cc1ccc(N2C=C(O)NS2(=O)=O)c(O)c1. The molecule has 9 nitrogen and oxygen atoms in total. The fourth-order valence-electron chi connectivity index (χ4n) is 2.72. The normalized spacial score (nSPS) is 15.7. The average molecular weight is 460 g/mol. The maximum Gasteiger partial charge on any atom is 0.330 e. The molecule has 4 N–H and O–H groups in total. The Kier molecular flexibility index (Phi) is 5.57. The summed E-state index contributed by atoms with van der Waals surface area (Å²) in [4.78, 5) is 0. The molecule has 2 aromatic rings. The summed E-state index contributed by atoms with van der Waals surface area (Å²) < 4.78 is 52.8. The van der Waals surface area contributed by atoms with Gasteiger partial charge in [-0.3, -0.25) is 4.72 Å². The standard InChI is InChI=1S/C17H18ClN3O6S2/c1-2-28(24,25)19-14-5-4-13(18)9-12(14)7-11-3-6-15(16(22)8-11)21-10-17(23)20-29(21,26)27/h3-6,8-10,19-20,22-23H,2,7H2,1H3. The summed E-state index contributed by atoms with van der Waals surface area (Å²) in [5, 5.41) is 20.1. The molecule has 2 aromatic carbocycles. The second kappa shape index (κ2) is 7.65. The summed E-state index contributed by atoms with van der Waals surface area (Å²) in [6.07, 6.45) is 1.15. The molecule has 0 radical (unpaired) electrons. The number of halogens is 1. The van der Waals surface area contributed by atoms with Gasteiger partial charge in [0, 0.05) is 5.02 Å². The number of hydrogen-bond acceptors (Lipinski definition) is 6. The molecule has 0 fully saturated rings. The smallest absolute Gasteiger partial charge is 0.330 e. The first-order chi connectivity index (χ1) is 13.5. The van der Waals surface area contributed by atoms with Gasteiger partial charge in [-0.05, 0) is 54.8 Å². The van der Waals surface area contributed by atoms with Gasteiger partial charge in [-0.15, -0.1) is 0 Å². The Balaban J connectivity index is 1.93.